The highest BCUT2D eigenvalue weighted by molar-refractivity contribution is 7.89. The van der Waals surface area contributed by atoms with E-state index in [0.29, 0.717) is 40.7 Å². The summed E-state index contributed by atoms with van der Waals surface area (Å²) in [5, 5.41) is 16.4. The van der Waals surface area contributed by atoms with Gasteiger partial charge in [-0.3, -0.25) is 20.7 Å². The van der Waals surface area contributed by atoms with Crippen LogP contribution in [0.15, 0.2) is 59.9 Å². The largest absolute Gasteiger partial charge is 0.342 e. The molecule has 0 amide bonds. The molecule has 1 aromatic carbocycles. The predicted octanol–water partition coefficient (Wildman–Crippen LogP) is 3.41. The molecule has 3 aromatic rings. The molecule has 3 N–H and O–H groups in total. The lowest BCUT2D eigenvalue weighted by Gasteiger charge is -2.44. The quantitative estimate of drug-likeness (QED) is 0.323. The number of fused-ring (bicyclic) bond motifs is 1. The third-order valence-electron chi connectivity index (χ3n) is 5.89. The average molecular weight is 493 g/mol. The van der Waals surface area contributed by atoms with Gasteiger partial charge in [-0.2, -0.15) is 0 Å². The first-order valence-corrected chi connectivity index (χ1v) is 12.8. The van der Waals surface area contributed by atoms with Crippen molar-refractivity contribution in [2.24, 2.45) is 0 Å². The summed E-state index contributed by atoms with van der Waals surface area (Å²) in [6, 6.07) is 9.76. The molecule has 0 aliphatic carbocycles. The van der Waals surface area contributed by atoms with Gasteiger partial charge in [0, 0.05) is 30.5 Å². The number of amidine groups is 1. The number of sulfonamides is 1. The number of hydrogen-bond donors (Lipinski definition) is 3. The van der Waals surface area contributed by atoms with Crippen molar-refractivity contribution < 1.29 is 8.42 Å². The SMILES string of the molecule is CC[C@@H]1C(=N)N(C=N)c2cnc(-c3ccncc3CNS(=O)(=O)c3ccccc3)nc2N1C(C)C. The third-order valence-corrected chi connectivity index (χ3v) is 7.31. The van der Waals surface area contributed by atoms with Crippen LogP contribution in [0.5, 0.6) is 0 Å². The van der Waals surface area contributed by atoms with E-state index in [0.717, 1.165) is 6.34 Å². The van der Waals surface area contributed by atoms with E-state index in [1.807, 2.05) is 20.8 Å². The monoisotopic (exact) mass is 492 g/mol. The van der Waals surface area contributed by atoms with Crippen LogP contribution in [0, 0.1) is 10.8 Å². The smallest absolute Gasteiger partial charge is 0.240 e. The maximum absolute atomic E-state index is 12.7. The van der Waals surface area contributed by atoms with Crippen LogP contribution < -0.4 is 14.5 Å². The van der Waals surface area contributed by atoms with Gasteiger partial charge in [0.25, 0.3) is 0 Å². The molecule has 0 bridgehead atoms. The van der Waals surface area contributed by atoms with E-state index in [1.165, 1.54) is 17.0 Å². The van der Waals surface area contributed by atoms with Gasteiger partial charge in [0.15, 0.2) is 11.6 Å². The first-order chi connectivity index (χ1) is 16.8. The number of benzene rings is 1. The predicted molar refractivity (Wildman–Crippen MR) is 136 cm³/mol. The summed E-state index contributed by atoms with van der Waals surface area (Å²) in [5.74, 6) is 1.35. The Balaban J connectivity index is 1.73. The Labute approximate surface area is 205 Å². The molecule has 1 aliphatic rings. The fourth-order valence-electron chi connectivity index (χ4n) is 4.20. The van der Waals surface area contributed by atoms with E-state index in [9.17, 15) is 8.42 Å². The lowest BCUT2D eigenvalue weighted by molar-refractivity contribution is 0.581. The van der Waals surface area contributed by atoms with Crippen molar-refractivity contribution in [3.05, 3.63) is 60.6 Å². The van der Waals surface area contributed by atoms with E-state index in [4.69, 9.17) is 15.8 Å². The van der Waals surface area contributed by atoms with Gasteiger partial charge in [0.1, 0.15) is 11.5 Å². The summed E-state index contributed by atoms with van der Waals surface area (Å²) in [4.78, 5) is 17.3. The summed E-state index contributed by atoms with van der Waals surface area (Å²) >= 11 is 0. The molecule has 3 heterocycles. The van der Waals surface area contributed by atoms with Crippen LogP contribution in [0.3, 0.4) is 0 Å². The van der Waals surface area contributed by atoms with Gasteiger partial charge in [-0.15, -0.1) is 0 Å². The number of rotatable bonds is 8. The van der Waals surface area contributed by atoms with Gasteiger partial charge in [-0.05, 0) is 44.0 Å². The third kappa shape index (κ3) is 4.64. The molecule has 0 saturated heterocycles. The lowest BCUT2D eigenvalue weighted by Crippen LogP contribution is -2.55. The maximum atomic E-state index is 12.7. The lowest BCUT2D eigenvalue weighted by atomic mass is 10.0. The van der Waals surface area contributed by atoms with Crippen molar-refractivity contribution in [1.82, 2.24) is 19.7 Å². The van der Waals surface area contributed by atoms with Gasteiger partial charge in [-0.1, -0.05) is 25.1 Å². The van der Waals surface area contributed by atoms with Gasteiger partial charge < -0.3 is 4.90 Å². The van der Waals surface area contributed by atoms with Crippen LogP contribution in [0.1, 0.15) is 32.8 Å². The van der Waals surface area contributed by atoms with Crippen LogP contribution >= 0.6 is 0 Å². The van der Waals surface area contributed by atoms with Crippen molar-refractivity contribution in [2.75, 3.05) is 9.80 Å². The minimum Gasteiger partial charge on any atom is -0.342 e. The summed E-state index contributed by atoms with van der Waals surface area (Å²) < 4.78 is 28.1. The first kappa shape index (κ1) is 24.4. The summed E-state index contributed by atoms with van der Waals surface area (Å²) in [6.45, 7) is 6.10. The molecule has 11 heteroatoms. The second-order valence-corrected chi connectivity index (χ2v) is 10.1. The van der Waals surface area contributed by atoms with Crippen molar-refractivity contribution in [1.29, 1.82) is 10.8 Å². The number of aromatic nitrogens is 3. The van der Waals surface area contributed by atoms with E-state index < -0.39 is 10.0 Å². The normalized spacial score (nSPS) is 15.9. The molecule has 35 heavy (non-hydrogen) atoms. The Morgan fingerprint density at radius 2 is 1.91 bits per heavy atom. The van der Waals surface area contributed by atoms with E-state index in [1.54, 1.807) is 42.9 Å². The molecule has 4 rings (SSSR count). The number of nitrogens with zero attached hydrogens (tertiary/aromatic N) is 5. The molecular formula is C24H28N8O2S. The number of pyridine rings is 1. The molecule has 0 radical (unpaired) electrons. The van der Waals surface area contributed by atoms with E-state index in [-0.39, 0.29) is 23.5 Å². The molecule has 182 valence electrons. The van der Waals surface area contributed by atoms with Crippen molar-refractivity contribution >= 4 is 33.7 Å². The molecule has 0 spiro atoms. The van der Waals surface area contributed by atoms with Crippen molar-refractivity contribution in [2.45, 2.75) is 50.7 Å². The zero-order valence-corrected chi connectivity index (χ0v) is 20.6. The molecule has 2 aromatic heterocycles. The van der Waals surface area contributed by atoms with Gasteiger partial charge in [0.05, 0.1) is 23.5 Å². The highest BCUT2D eigenvalue weighted by atomic mass is 32.2. The standard InChI is InChI=1S/C24H28N8O2S/c1-4-20-22(26)31(15-25)21-14-28-23(30-24(21)32(20)16(2)3)19-10-11-27-12-17(19)13-29-35(33,34)18-8-6-5-7-9-18/h5-12,14-16,20,25-26,29H,4,13H2,1-3H3/t20-/m1/s1. The Kier molecular flexibility index (Phi) is 6.90. The highest BCUT2D eigenvalue weighted by Crippen LogP contribution is 2.37. The Bertz CT molecular complexity index is 1340. The molecule has 1 aliphatic heterocycles. The van der Waals surface area contributed by atoms with Crippen LogP contribution in [-0.2, 0) is 16.6 Å². The van der Waals surface area contributed by atoms with Gasteiger partial charge in [-0.25, -0.2) is 23.1 Å². The van der Waals surface area contributed by atoms with Crippen LogP contribution in [0.25, 0.3) is 11.4 Å². The molecule has 0 fully saturated rings. The van der Waals surface area contributed by atoms with Gasteiger partial charge >= 0.3 is 0 Å². The fourth-order valence-corrected chi connectivity index (χ4v) is 5.23. The summed E-state index contributed by atoms with van der Waals surface area (Å²) in [7, 11) is -3.70. The van der Waals surface area contributed by atoms with Crippen molar-refractivity contribution in [3.8, 4) is 11.4 Å². The van der Waals surface area contributed by atoms with Gasteiger partial charge in [0.2, 0.25) is 10.0 Å². The second-order valence-electron chi connectivity index (χ2n) is 8.38. The molecule has 10 nitrogen and oxygen atoms in total. The number of hydrogen-bond acceptors (Lipinski definition) is 8. The Morgan fingerprint density at radius 1 is 1.17 bits per heavy atom. The minimum absolute atomic E-state index is 0.0175. The Morgan fingerprint density at radius 3 is 2.57 bits per heavy atom. The van der Waals surface area contributed by atoms with E-state index in [2.05, 4.69) is 19.6 Å². The number of anilines is 2. The summed E-state index contributed by atoms with van der Waals surface area (Å²) in [6.07, 6.45) is 6.61. The van der Waals surface area contributed by atoms with Crippen LogP contribution in [-0.4, -0.2) is 47.6 Å². The fraction of sp³-hybridized carbons (Fsp3) is 0.292. The molecule has 1 atom stereocenters. The first-order valence-electron chi connectivity index (χ1n) is 11.3. The molecule has 0 unspecified atom stereocenters. The Hall–Kier alpha value is -3.70. The molecular weight excluding hydrogens is 464 g/mol. The second kappa shape index (κ2) is 9.88. The highest BCUT2D eigenvalue weighted by Gasteiger charge is 2.37. The zero-order chi connectivity index (χ0) is 25.2. The number of nitrogens with one attached hydrogen (secondary N) is 3. The maximum Gasteiger partial charge on any atom is 0.240 e. The van der Waals surface area contributed by atoms with Crippen LogP contribution in [0.2, 0.25) is 0 Å². The molecule has 0 saturated carbocycles. The van der Waals surface area contributed by atoms with E-state index >= 15 is 0 Å². The summed E-state index contributed by atoms with van der Waals surface area (Å²) in [5.41, 5.74) is 1.84. The van der Waals surface area contributed by atoms with Crippen LogP contribution in [0.4, 0.5) is 11.5 Å². The topological polar surface area (TPSA) is 139 Å². The van der Waals surface area contributed by atoms with Crippen molar-refractivity contribution in [3.63, 3.8) is 0 Å². The average Bonchev–Trinajstić information content (AvgIpc) is 2.87. The zero-order valence-electron chi connectivity index (χ0n) is 19.8. The minimum atomic E-state index is -3.70.